The zero-order valence-corrected chi connectivity index (χ0v) is 12.7. The van der Waals surface area contributed by atoms with E-state index in [1.807, 2.05) is 18.3 Å². The molecule has 0 saturated heterocycles. The van der Waals surface area contributed by atoms with Crippen molar-refractivity contribution in [1.29, 1.82) is 0 Å². The van der Waals surface area contributed by atoms with Gasteiger partial charge >= 0.3 is 0 Å². The van der Waals surface area contributed by atoms with E-state index < -0.39 is 0 Å². The molecule has 0 spiro atoms. The van der Waals surface area contributed by atoms with E-state index in [9.17, 15) is 0 Å². The van der Waals surface area contributed by atoms with Crippen molar-refractivity contribution in [1.82, 2.24) is 15.2 Å². The number of pyridine rings is 1. The minimum Gasteiger partial charge on any atom is -0.311 e. The van der Waals surface area contributed by atoms with Crippen LogP contribution in [0.25, 0.3) is 0 Å². The van der Waals surface area contributed by atoms with Crippen molar-refractivity contribution in [2.75, 3.05) is 20.1 Å². The lowest BCUT2D eigenvalue weighted by molar-refractivity contribution is 0.300. The summed E-state index contributed by atoms with van der Waals surface area (Å²) in [6, 6.07) is 3.97. The Morgan fingerprint density at radius 2 is 2.12 bits per heavy atom. The molecule has 1 aromatic rings. The second-order valence-electron chi connectivity index (χ2n) is 5.35. The average Bonchev–Trinajstić information content (AvgIpc) is 2.19. The highest BCUT2D eigenvalue weighted by molar-refractivity contribution is 9.10. The van der Waals surface area contributed by atoms with Crippen molar-refractivity contribution < 1.29 is 0 Å². The van der Waals surface area contributed by atoms with Crippen LogP contribution < -0.4 is 5.32 Å². The Bertz CT molecular complexity index is 347. The third kappa shape index (κ3) is 6.15. The van der Waals surface area contributed by atoms with Crippen LogP contribution in [0.3, 0.4) is 0 Å². The van der Waals surface area contributed by atoms with Crippen LogP contribution in [0.15, 0.2) is 22.8 Å². The zero-order valence-electron chi connectivity index (χ0n) is 11.1. The molecule has 0 aliphatic rings. The van der Waals surface area contributed by atoms with Crippen LogP contribution in [0.5, 0.6) is 0 Å². The Hall–Kier alpha value is -0.450. The lowest BCUT2D eigenvalue weighted by atomic mass is 10.1. The smallest absolute Gasteiger partial charge is 0.0685 e. The van der Waals surface area contributed by atoms with Gasteiger partial charge in [-0.1, -0.05) is 0 Å². The van der Waals surface area contributed by atoms with E-state index in [2.05, 4.69) is 58.9 Å². The minimum absolute atomic E-state index is 0.187. The maximum atomic E-state index is 4.37. The number of nitrogens with one attached hydrogen (secondary N) is 1. The van der Waals surface area contributed by atoms with Gasteiger partial charge in [0.25, 0.3) is 0 Å². The number of hydrogen-bond acceptors (Lipinski definition) is 3. The summed E-state index contributed by atoms with van der Waals surface area (Å²) in [5.74, 6) is 0. The topological polar surface area (TPSA) is 28.2 Å². The Labute approximate surface area is 113 Å². The van der Waals surface area contributed by atoms with E-state index in [1.165, 1.54) is 0 Å². The van der Waals surface area contributed by atoms with Crippen molar-refractivity contribution in [3.8, 4) is 0 Å². The molecule has 0 aliphatic heterocycles. The highest BCUT2D eigenvalue weighted by Crippen LogP contribution is 2.14. The first-order valence-electron chi connectivity index (χ1n) is 5.91. The number of nitrogens with zero attached hydrogens (tertiary/aromatic N) is 2. The number of likely N-dealkylation sites (N-methyl/N-ethyl adjacent to an activating group) is 1. The molecule has 0 aliphatic carbocycles. The number of aromatic nitrogens is 1. The molecule has 0 bridgehead atoms. The van der Waals surface area contributed by atoms with Crippen LogP contribution in [-0.4, -0.2) is 35.6 Å². The summed E-state index contributed by atoms with van der Waals surface area (Å²) >= 11 is 3.52. The van der Waals surface area contributed by atoms with Gasteiger partial charge in [0.15, 0.2) is 0 Å². The third-order valence-corrected chi connectivity index (χ3v) is 3.13. The van der Waals surface area contributed by atoms with Crippen LogP contribution in [-0.2, 0) is 6.54 Å². The average molecular weight is 300 g/mol. The maximum Gasteiger partial charge on any atom is 0.0685 e. The van der Waals surface area contributed by atoms with Crippen LogP contribution in [0.4, 0.5) is 0 Å². The Kier molecular flexibility index (Phi) is 5.56. The maximum absolute atomic E-state index is 4.37. The first kappa shape index (κ1) is 14.6. The van der Waals surface area contributed by atoms with Gasteiger partial charge < -0.3 is 5.32 Å². The standard InChI is InChI=1S/C13H22BrN3/c1-13(2,3)16-8-9-17(4)10-12-11(14)6-5-7-15-12/h5-7,16H,8-10H2,1-4H3. The van der Waals surface area contributed by atoms with Crippen molar-refractivity contribution in [3.63, 3.8) is 0 Å². The summed E-state index contributed by atoms with van der Waals surface area (Å²) < 4.78 is 1.08. The van der Waals surface area contributed by atoms with Gasteiger partial charge in [0.2, 0.25) is 0 Å². The normalized spacial score (nSPS) is 12.1. The molecule has 0 atom stereocenters. The molecule has 0 unspecified atom stereocenters. The molecule has 3 nitrogen and oxygen atoms in total. The molecule has 0 amide bonds. The summed E-state index contributed by atoms with van der Waals surface area (Å²) in [5, 5.41) is 3.48. The van der Waals surface area contributed by atoms with Crippen LogP contribution in [0, 0.1) is 0 Å². The van der Waals surface area contributed by atoms with Crippen molar-refractivity contribution in [2.45, 2.75) is 32.9 Å². The predicted molar refractivity (Wildman–Crippen MR) is 76.0 cm³/mol. The van der Waals surface area contributed by atoms with Crippen LogP contribution >= 0.6 is 15.9 Å². The monoisotopic (exact) mass is 299 g/mol. The van der Waals surface area contributed by atoms with E-state index in [1.54, 1.807) is 0 Å². The summed E-state index contributed by atoms with van der Waals surface area (Å²) in [5.41, 5.74) is 1.28. The van der Waals surface area contributed by atoms with Crippen LogP contribution in [0.1, 0.15) is 26.5 Å². The Morgan fingerprint density at radius 1 is 1.41 bits per heavy atom. The molecular weight excluding hydrogens is 278 g/mol. The fourth-order valence-corrected chi connectivity index (χ4v) is 1.87. The zero-order chi connectivity index (χ0) is 12.9. The number of halogens is 1. The number of hydrogen-bond donors (Lipinski definition) is 1. The first-order chi connectivity index (χ1) is 7.88. The fourth-order valence-electron chi connectivity index (χ4n) is 1.49. The number of rotatable bonds is 5. The lowest BCUT2D eigenvalue weighted by Crippen LogP contribution is -2.40. The largest absolute Gasteiger partial charge is 0.311 e. The molecule has 0 saturated carbocycles. The van der Waals surface area contributed by atoms with Crippen LogP contribution in [0.2, 0.25) is 0 Å². The first-order valence-corrected chi connectivity index (χ1v) is 6.71. The van der Waals surface area contributed by atoms with Gasteiger partial charge in [-0.25, -0.2) is 0 Å². The second kappa shape index (κ2) is 6.47. The van der Waals surface area contributed by atoms with E-state index in [0.29, 0.717) is 0 Å². The van der Waals surface area contributed by atoms with Crippen molar-refractivity contribution in [2.24, 2.45) is 0 Å². The molecule has 1 N–H and O–H groups in total. The van der Waals surface area contributed by atoms with Gasteiger partial charge in [-0.2, -0.15) is 0 Å². The van der Waals surface area contributed by atoms with Gasteiger partial charge in [-0.15, -0.1) is 0 Å². The second-order valence-corrected chi connectivity index (χ2v) is 6.20. The van der Waals surface area contributed by atoms with E-state index in [-0.39, 0.29) is 5.54 Å². The molecule has 17 heavy (non-hydrogen) atoms. The molecule has 4 heteroatoms. The molecule has 0 radical (unpaired) electrons. The van der Waals surface area contributed by atoms with E-state index >= 15 is 0 Å². The SMILES string of the molecule is CN(CCNC(C)(C)C)Cc1ncccc1Br. The van der Waals surface area contributed by atoms with Gasteiger partial charge in [-0.3, -0.25) is 9.88 Å². The van der Waals surface area contributed by atoms with Gasteiger partial charge in [0.05, 0.1) is 5.69 Å². The molecule has 1 rings (SSSR count). The van der Waals surface area contributed by atoms with Gasteiger partial charge in [0.1, 0.15) is 0 Å². The van der Waals surface area contributed by atoms with Gasteiger partial charge in [0, 0.05) is 35.8 Å². The molecule has 1 aromatic heterocycles. The lowest BCUT2D eigenvalue weighted by Gasteiger charge is -2.23. The molecule has 0 aromatic carbocycles. The highest BCUT2D eigenvalue weighted by atomic mass is 79.9. The minimum atomic E-state index is 0.187. The summed E-state index contributed by atoms with van der Waals surface area (Å²) in [4.78, 5) is 6.64. The molecule has 96 valence electrons. The summed E-state index contributed by atoms with van der Waals surface area (Å²) in [6.07, 6.45) is 1.83. The quantitative estimate of drug-likeness (QED) is 0.906. The van der Waals surface area contributed by atoms with Crippen molar-refractivity contribution >= 4 is 15.9 Å². The Morgan fingerprint density at radius 3 is 2.71 bits per heavy atom. The molecular formula is C13H22BrN3. The van der Waals surface area contributed by atoms with Gasteiger partial charge in [-0.05, 0) is 55.9 Å². The van der Waals surface area contributed by atoms with E-state index in [4.69, 9.17) is 0 Å². The molecule has 0 fully saturated rings. The van der Waals surface area contributed by atoms with Crippen molar-refractivity contribution in [3.05, 3.63) is 28.5 Å². The fraction of sp³-hybridized carbons (Fsp3) is 0.615. The summed E-state index contributed by atoms with van der Waals surface area (Å²) in [6.45, 7) is 9.42. The highest BCUT2D eigenvalue weighted by Gasteiger charge is 2.09. The van der Waals surface area contributed by atoms with E-state index in [0.717, 1.165) is 29.8 Å². The molecule has 1 heterocycles. The Balaban J connectivity index is 2.35. The third-order valence-electron chi connectivity index (χ3n) is 2.40. The predicted octanol–water partition coefficient (Wildman–Crippen LogP) is 2.66. The summed E-state index contributed by atoms with van der Waals surface area (Å²) in [7, 11) is 2.12.